The molecule has 2 unspecified atom stereocenters. The Morgan fingerprint density at radius 2 is 1.62 bits per heavy atom. The van der Waals surface area contributed by atoms with Crippen molar-refractivity contribution in [2.75, 3.05) is 36.1 Å². The van der Waals surface area contributed by atoms with Gasteiger partial charge in [-0.15, -0.1) is 13.2 Å². The molecule has 0 saturated carbocycles. The van der Waals surface area contributed by atoms with Crippen molar-refractivity contribution >= 4 is 39.9 Å². The number of hydrogen-bond donors (Lipinski definition) is 1. The summed E-state index contributed by atoms with van der Waals surface area (Å²) in [7, 11) is 0. The maximum absolute atomic E-state index is 15.2. The van der Waals surface area contributed by atoms with Crippen LogP contribution < -0.4 is 14.5 Å². The molecule has 264 valence electrons. The van der Waals surface area contributed by atoms with Crippen LogP contribution in [0.1, 0.15) is 47.0 Å². The van der Waals surface area contributed by atoms with Gasteiger partial charge in [-0.25, -0.2) is 0 Å². The lowest BCUT2D eigenvalue weighted by Crippen LogP contribution is -2.60. The molecule has 7 atom stereocenters. The van der Waals surface area contributed by atoms with E-state index in [0.717, 1.165) is 10.8 Å². The molecule has 3 aromatic rings. The summed E-state index contributed by atoms with van der Waals surface area (Å²) in [6.07, 6.45) is 4.95. The summed E-state index contributed by atoms with van der Waals surface area (Å²) < 4.78 is 12.6. The van der Waals surface area contributed by atoms with Gasteiger partial charge in [0.15, 0.2) is 0 Å². The Kier molecular flexibility index (Phi) is 9.93. The van der Waals surface area contributed by atoms with Crippen molar-refractivity contribution < 1.29 is 29.0 Å². The van der Waals surface area contributed by atoms with Crippen LogP contribution in [0.2, 0.25) is 0 Å². The highest BCUT2D eigenvalue weighted by Gasteiger charge is 2.79. The number of aliphatic hydroxyl groups excluding tert-OH is 1. The number of hydrogen-bond acceptors (Lipinski definition) is 6. The SMILES string of the molecule is C=CCN(C(=O)C1N([C@@H](CO)[C@@H](C)CC)C(=O)[C@@H]2[C@@H](C(=O)N(CC=C)c3ccc(OCC)cc3)[C@@]3(C)CCC12O3)c1ccc2ccccc2c1. The number of anilines is 2. The Morgan fingerprint density at radius 1 is 0.980 bits per heavy atom. The van der Waals surface area contributed by atoms with Gasteiger partial charge in [0, 0.05) is 24.5 Å². The van der Waals surface area contributed by atoms with E-state index in [1.807, 2.05) is 94.4 Å². The van der Waals surface area contributed by atoms with E-state index in [-0.39, 0.29) is 43.3 Å². The van der Waals surface area contributed by atoms with Crippen LogP contribution in [0, 0.1) is 17.8 Å². The second-order valence-electron chi connectivity index (χ2n) is 14.0. The highest BCUT2D eigenvalue weighted by atomic mass is 16.5. The second-order valence-corrected chi connectivity index (χ2v) is 14.0. The van der Waals surface area contributed by atoms with Crippen molar-refractivity contribution in [2.24, 2.45) is 17.8 Å². The molecule has 3 aliphatic heterocycles. The topological polar surface area (TPSA) is 99.6 Å². The fourth-order valence-electron chi connectivity index (χ4n) is 8.64. The molecule has 6 rings (SSSR count). The van der Waals surface area contributed by atoms with Crippen LogP contribution in [0.5, 0.6) is 5.75 Å². The molecule has 9 heteroatoms. The largest absolute Gasteiger partial charge is 0.494 e. The van der Waals surface area contributed by atoms with E-state index in [4.69, 9.17) is 9.47 Å². The van der Waals surface area contributed by atoms with Crippen LogP contribution in [0.15, 0.2) is 92.0 Å². The number of likely N-dealkylation sites (tertiary alicyclic amines) is 1. The third-order valence-electron chi connectivity index (χ3n) is 11.2. The molecular weight excluding hydrogens is 630 g/mol. The molecule has 50 heavy (non-hydrogen) atoms. The summed E-state index contributed by atoms with van der Waals surface area (Å²) in [6, 6.07) is 19.4. The highest BCUT2D eigenvalue weighted by Crippen LogP contribution is 2.64. The van der Waals surface area contributed by atoms with Crippen molar-refractivity contribution in [3.05, 3.63) is 92.0 Å². The fourth-order valence-corrected chi connectivity index (χ4v) is 8.64. The minimum atomic E-state index is -1.26. The molecule has 3 amide bonds. The first kappa shape index (κ1) is 35.4. The maximum Gasteiger partial charge on any atom is 0.253 e. The molecule has 3 saturated heterocycles. The first-order chi connectivity index (χ1) is 24.1. The lowest BCUT2D eigenvalue weighted by Gasteiger charge is -2.41. The maximum atomic E-state index is 15.2. The number of carbonyl (C=O) groups is 3. The third-order valence-corrected chi connectivity index (χ3v) is 11.2. The molecule has 0 radical (unpaired) electrons. The molecule has 3 fully saturated rings. The van der Waals surface area contributed by atoms with Gasteiger partial charge in [0.1, 0.15) is 17.4 Å². The molecule has 2 bridgehead atoms. The van der Waals surface area contributed by atoms with Gasteiger partial charge in [-0.05, 0) is 79.8 Å². The zero-order chi connectivity index (χ0) is 35.8. The number of aliphatic hydroxyl groups is 1. The number of amides is 3. The summed E-state index contributed by atoms with van der Waals surface area (Å²) in [5.74, 6) is -2.11. The molecule has 0 aromatic heterocycles. The second kappa shape index (κ2) is 14.0. The number of fused-ring (bicyclic) bond motifs is 2. The van der Waals surface area contributed by atoms with Crippen LogP contribution in [0.3, 0.4) is 0 Å². The van der Waals surface area contributed by atoms with Crippen LogP contribution in [0.25, 0.3) is 10.8 Å². The van der Waals surface area contributed by atoms with Crippen LogP contribution in [0.4, 0.5) is 11.4 Å². The number of ether oxygens (including phenoxy) is 2. The molecule has 3 aliphatic rings. The zero-order valence-electron chi connectivity index (χ0n) is 29.6. The Bertz CT molecular complexity index is 1780. The van der Waals surface area contributed by atoms with Crippen molar-refractivity contribution in [2.45, 2.75) is 70.2 Å². The van der Waals surface area contributed by atoms with Gasteiger partial charge in [0.2, 0.25) is 11.8 Å². The van der Waals surface area contributed by atoms with E-state index in [9.17, 15) is 9.90 Å². The van der Waals surface area contributed by atoms with Crippen molar-refractivity contribution in [3.8, 4) is 5.75 Å². The monoisotopic (exact) mass is 679 g/mol. The average Bonchev–Trinajstić information content (AvgIpc) is 3.70. The minimum absolute atomic E-state index is 0.119. The van der Waals surface area contributed by atoms with E-state index < -0.39 is 35.1 Å². The predicted octanol–water partition coefficient (Wildman–Crippen LogP) is 6.15. The van der Waals surface area contributed by atoms with Gasteiger partial charge in [-0.1, -0.05) is 62.8 Å². The summed E-state index contributed by atoms with van der Waals surface area (Å²) in [4.78, 5) is 50.0. The van der Waals surface area contributed by atoms with Gasteiger partial charge in [0.05, 0.1) is 36.7 Å². The Labute approximate surface area is 295 Å². The fraction of sp³-hybridized carbons (Fsp3) is 0.439. The zero-order valence-corrected chi connectivity index (χ0v) is 29.6. The van der Waals surface area contributed by atoms with Gasteiger partial charge in [-0.3, -0.25) is 14.4 Å². The van der Waals surface area contributed by atoms with E-state index in [1.165, 1.54) is 0 Å². The molecule has 1 spiro atoms. The lowest BCUT2D eigenvalue weighted by molar-refractivity contribution is -0.149. The number of nitrogens with zero attached hydrogens (tertiary/aromatic N) is 3. The first-order valence-corrected chi connectivity index (χ1v) is 17.8. The lowest BCUT2D eigenvalue weighted by atomic mass is 9.66. The van der Waals surface area contributed by atoms with E-state index in [0.29, 0.717) is 43.0 Å². The van der Waals surface area contributed by atoms with Crippen molar-refractivity contribution in [3.63, 3.8) is 0 Å². The molecule has 3 aromatic carbocycles. The summed E-state index contributed by atoms with van der Waals surface area (Å²) >= 11 is 0. The van der Waals surface area contributed by atoms with Gasteiger partial charge >= 0.3 is 0 Å². The van der Waals surface area contributed by atoms with Crippen molar-refractivity contribution in [1.29, 1.82) is 0 Å². The predicted molar refractivity (Wildman–Crippen MR) is 196 cm³/mol. The molecule has 0 aliphatic carbocycles. The summed E-state index contributed by atoms with van der Waals surface area (Å²) in [5.41, 5.74) is -0.928. The summed E-state index contributed by atoms with van der Waals surface area (Å²) in [5, 5.41) is 12.8. The van der Waals surface area contributed by atoms with Crippen molar-refractivity contribution in [1.82, 2.24) is 4.90 Å². The normalized spacial score (nSPS) is 26.4. The van der Waals surface area contributed by atoms with E-state index in [2.05, 4.69) is 13.2 Å². The first-order valence-electron chi connectivity index (χ1n) is 17.8. The quantitative estimate of drug-likeness (QED) is 0.205. The Balaban J connectivity index is 1.46. The molecule has 1 N–H and O–H groups in total. The summed E-state index contributed by atoms with van der Waals surface area (Å²) in [6.45, 7) is 16.3. The Hall–Kier alpha value is -4.47. The van der Waals surface area contributed by atoms with E-state index in [1.54, 1.807) is 26.9 Å². The number of benzene rings is 3. The average molecular weight is 680 g/mol. The molecule has 9 nitrogen and oxygen atoms in total. The number of carbonyl (C=O) groups excluding carboxylic acids is 3. The highest BCUT2D eigenvalue weighted by molar-refractivity contribution is 6.07. The van der Waals surface area contributed by atoms with Gasteiger partial charge in [-0.2, -0.15) is 0 Å². The van der Waals surface area contributed by atoms with Crippen LogP contribution >= 0.6 is 0 Å². The number of rotatable bonds is 14. The molecule has 3 heterocycles. The van der Waals surface area contributed by atoms with Gasteiger partial charge in [0.25, 0.3) is 5.91 Å². The Morgan fingerprint density at radius 3 is 2.24 bits per heavy atom. The van der Waals surface area contributed by atoms with Gasteiger partial charge < -0.3 is 29.3 Å². The van der Waals surface area contributed by atoms with Crippen LogP contribution in [-0.2, 0) is 19.1 Å². The molecular formula is C41H49N3O6. The smallest absolute Gasteiger partial charge is 0.253 e. The minimum Gasteiger partial charge on any atom is -0.494 e. The van der Waals surface area contributed by atoms with Crippen LogP contribution in [-0.4, -0.2) is 77.3 Å². The standard InChI is InChI=1S/C41H49N3O6/c1-7-23-42(30-17-19-32(20-18-30)49-10-4)37(46)34-35-38(47)44(33(26-45)27(5)9-3)36(41(35)22-21-40(34,6)50-41)39(48)43(24-8-2)31-16-15-28-13-11-12-14-29(28)25-31/h7-8,11-20,25,27,33-36,45H,1-2,9-10,21-24,26H2,3-6H3/t27-,33-,34-,35-,36?,40+,41?/m0/s1. The third kappa shape index (κ3) is 5.70. The van der Waals surface area contributed by atoms with E-state index >= 15 is 9.59 Å².